The molecule has 0 bridgehead atoms. The number of aryl methyl sites for hydroxylation is 2. The van der Waals surface area contributed by atoms with E-state index in [0.29, 0.717) is 55.4 Å². The molecule has 1 N–H and O–H groups in total. The molecule has 0 unspecified atom stereocenters. The molecular formula is C19H26N4O4. The molecule has 1 aromatic rings. The van der Waals surface area contributed by atoms with Crippen LogP contribution >= 0.6 is 0 Å². The number of piperidine rings is 1. The fourth-order valence-corrected chi connectivity index (χ4v) is 3.53. The van der Waals surface area contributed by atoms with Gasteiger partial charge in [0.05, 0.1) is 5.56 Å². The number of carbonyl (C=O) groups is 3. The van der Waals surface area contributed by atoms with Gasteiger partial charge in [0.1, 0.15) is 17.2 Å². The van der Waals surface area contributed by atoms with Crippen molar-refractivity contribution in [3.05, 3.63) is 23.2 Å². The van der Waals surface area contributed by atoms with Crippen molar-refractivity contribution < 1.29 is 18.8 Å². The standard InChI is InChI=1S/C19H26N4O4/c1-12-10-15(13(2)27-12)18(25)20-11-14-6-8-23(9-7-14)19(26)16-4-5-17(24)22(3)21-16/h10,14H,4-9,11H2,1-3H3,(H,20,25). The van der Waals surface area contributed by atoms with Gasteiger partial charge in [-0.15, -0.1) is 0 Å². The fraction of sp³-hybridized carbons (Fsp3) is 0.579. The number of amides is 3. The highest BCUT2D eigenvalue weighted by atomic mass is 16.3. The smallest absolute Gasteiger partial charge is 0.270 e. The normalized spacial score (nSPS) is 18.5. The second-order valence-corrected chi connectivity index (χ2v) is 7.24. The predicted molar refractivity (Wildman–Crippen MR) is 99.3 cm³/mol. The number of hydrazone groups is 1. The van der Waals surface area contributed by atoms with Gasteiger partial charge in [-0.05, 0) is 38.7 Å². The van der Waals surface area contributed by atoms with Gasteiger partial charge in [-0.2, -0.15) is 5.10 Å². The van der Waals surface area contributed by atoms with E-state index in [0.717, 1.165) is 18.6 Å². The van der Waals surface area contributed by atoms with E-state index in [1.807, 2.05) is 6.92 Å². The third-order valence-corrected chi connectivity index (χ3v) is 5.19. The van der Waals surface area contributed by atoms with Gasteiger partial charge >= 0.3 is 0 Å². The van der Waals surface area contributed by atoms with E-state index in [2.05, 4.69) is 10.4 Å². The summed E-state index contributed by atoms with van der Waals surface area (Å²) >= 11 is 0. The molecule has 27 heavy (non-hydrogen) atoms. The Morgan fingerprint density at radius 1 is 1.26 bits per heavy atom. The highest BCUT2D eigenvalue weighted by Crippen LogP contribution is 2.19. The summed E-state index contributed by atoms with van der Waals surface area (Å²) in [5.41, 5.74) is 1.03. The van der Waals surface area contributed by atoms with Crippen molar-refractivity contribution in [2.75, 3.05) is 26.7 Å². The number of hydrogen-bond acceptors (Lipinski definition) is 5. The van der Waals surface area contributed by atoms with Crippen LogP contribution in [0.4, 0.5) is 0 Å². The highest BCUT2D eigenvalue weighted by Gasteiger charge is 2.29. The summed E-state index contributed by atoms with van der Waals surface area (Å²) < 4.78 is 5.40. The third-order valence-electron chi connectivity index (χ3n) is 5.19. The minimum Gasteiger partial charge on any atom is -0.466 e. The molecule has 1 aromatic heterocycles. The Labute approximate surface area is 158 Å². The molecule has 0 aliphatic carbocycles. The molecule has 8 nitrogen and oxygen atoms in total. The van der Waals surface area contributed by atoms with Crippen molar-refractivity contribution in [3.8, 4) is 0 Å². The van der Waals surface area contributed by atoms with Crippen molar-refractivity contribution in [1.29, 1.82) is 0 Å². The molecule has 3 heterocycles. The number of nitrogens with zero attached hydrogens (tertiary/aromatic N) is 3. The van der Waals surface area contributed by atoms with E-state index in [4.69, 9.17) is 4.42 Å². The lowest BCUT2D eigenvalue weighted by Crippen LogP contribution is -2.45. The van der Waals surface area contributed by atoms with E-state index >= 15 is 0 Å². The summed E-state index contributed by atoms with van der Waals surface area (Å²) in [4.78, 5) is 38.1. The van der Waals surface area contributed by atoms with Crippen molar-refractivity contribution in [1.82, 2.24) is 15.2 Å². The summed E-state index contributed by atoms with van der Waals surface area (Å²) in [5, 5.41) is 8.32. The Hall–Kier alpha value is -2.64. The largest absolute Gasteiger partial charge is 0.466 e. The maximum absolute atomic E-state index is 12.6. The zero-order chi connectivity index (χ0) is 19.6. The van der Waals surface area contributed by atoms with Crippen LogP contribution in [-0.2, 0) is 9.59 Å². The van der Waals surface area contributed by atoms with E-state index < -0.39 is 0 Å². The number of carbonyl (C=O) groups excluding carboxylic acids is 3. The molecular weight excluding hydrogens is 348 g/mol. The second-order valence-electron chi connectivity index (χ2n) is 7.24. The Morgan fingerprint density at radius 3 is 2.56 bits per heavy atom. The Bertz CT molecular complexity index is 775. The highest BCUT2D eigenvalue weighted by molar-refractivity contribution is 6.39. The predicted octanol–water partition coefficient (Wildman–Crippen LogP) is 1.47. The van der Waals surface area contributed by atoms with Crippen LogP contribution in [0.25, 0.3) is 0 Å². The maximum atomic E-state index is 12.6. The van der Waals surface area contributed by atoms with Crippen molar-refractivity contribution >= 4 is 23.4 Å². The van der Waals surface area contributed by atoms with E-state index in [9.17, 15) is 14.4 Å². The summed E-state index contributed by atoms with van der Waals surface area (Å²) in [7, 11) is 1.58. The molecule has 0 aromatic carbocycles. The first-order valence-electron chi connectivity index (χ1n) is 9.33. The van der Waals surface area contributed by atoms with E-state index in [1.165, 1.54) is 5.01 Å². The van der Waals surface area contributed by atoms with E-state index in [1.54, 1.807) is 24.9 Å². The molecule has 0 atom stereocenters. The van der Waals surface area contributed by atoms with Crippen molar-refractivity contribution in [3.63, 3.8) is 0 Å². The first-order chi connectivity index (χ1) is 12.8. The molecule has 0 saturated carbocycles. The van der Waals surface area contributed by atoms with Gasteiger partial charge in [-0.25, -0.2) is 5.01 Å². The molecule has 2 aliphatic rings. The van der Waals surface area contributed by atoms with Crippen LogP contribution in [0, 0.1) is 19.8 Å². The number of nitrogens with one attached hydrogen (secondary N) is 1. The average Bonchev–Trinajstić information content (AvgIpc) is 3.00. The van der Waals surface area contributed by atoms with Gasteiger partial charge in [-0.1, -0.05) is 0 Å². The van der Waals surface area contributed by atoms with Gasteiger partial charge < -0.3 is 14.6 Å². The topological polar surface area (TPSA) is 95.2 Å². The van der Waals surface area contributed by atoms with Crippen LogP contribution in [0.15, 0.2) is 15.6 Å². The van der Waals surface area contributed by atoms with Crippen LogP contribution < -0.4 is 5.32 Å². The van der Waals surface area contributed by atoms with Gasteiger partial charge in [-0.3, -0.25) is 14.4 Å². The van der Waals surface area contributed by atoms with Gasteiger partial charge in [0, 0.05) is 39.5 Å². The molecule has 1 fully saturated rings. The molecule has 8 heteroatoms. The Balaban J connectivity index is 1.47. The lowest BCUT2D eigenvalue weighted by Gasteiger charge is -2.33. The molecule has 0 spiro atoms. The fourth-order valence-electron chi connectivity index (χ4n) is 3.53. The first-order valence-corrected chi connectivity index (χ1v) is 9.33. The van der Waals surface area contributed by atoms with Gasteiger partial charge in [0.15, 0.2) is 0 Å². The van der Waals surface area contributed by atoms with Gasteiger partial charge in [0.25, 0.3) is 11.8 Å². The molecule has 0 radical (unpaired) electrons. The van der Waals surface area contributed by atoms with Crippen LogP contribution in [0.1, 0.15) is 47.6 Å². The van der Waals surface area contributed by atoms with Crippen LogP contribution in [0.3, 0.4) is 0 Å². The second kappa shape index (κ2) is 7.94. The minimum atomic E-state index is -0.118. The Morgan fingerprint density at radius 2 is 1.96 bits per heavy atom. The maximum Gasteiger partial charge on any atom is 0.270 e. The quantitative estimate of drug-likeness (QED) is 0.863. The number of rotatable bonds is 4. The third kappa shape index (κ3) is 4.37. The van der Waals surface area contributed by atoms with Crippen LogP contribution in [0.5, 0.6) is 0 Å². The summed E-state index contributed by atoms with van der Waals surface area (Å²) in [5.74, 6) is 1.42. The first kappa shape index (κ1) is 19.1. The van der Waals surface area contributed by atoms with Gasteiger partial charge in [0.2, 0.25) is 5.91 Å². The number of likely N-dealkylation sites (tertiary alicyclic amines) is 1. The monoisotopic (exact) mass is 374 g/mol. The summed E-state index contributed by atoms with van der Waals surface area (Å²) in [6, 6.07) is 1.75. The lowest BCUT2D eigenvalue weighted by molar-refractivity contribution is -0.130. The molecule has 146 valence electrons. The van der Waals surface area contributed by atoms with Crippen molar-refractivity contribution in [2.24, 2.45) is 11.0 Å². The lowest BCUT2D eigenvalue weighted by atomic mass is 9.96. The zero-order valence-corrected chi connectivity index (χ0v) is 16.1. The SMILES string of the molecule is Cc1cc(C(=O)NCC2CCN(C(=O)C3=NN(C)C(=O)CC3)CC2)c(C)o1. The molecule has 2 aliphatic heterocycles. The number of hydrogen-bond donors (Lipinski definition) is 1. The molecule has 3 amide bonds. The van der Waals surface area contributed by atoms with Crippen molar-refractivity contribution in [2.45, 2.75) is 39.5 Å². The number of furan rings is 1. The molecule has 1 saturated heterocycles. The van der Waals surface area contributed by atoms with Crippen LogP contribution in [0.2, 0.25) is 0 Å². The van der Waals surface area contributed by atoms with Crippen LogP contribution in [-0.4, -0.2) is 60.0 Å². The minimum absolute atomic E-state index is 0.0657. The summed E-state index contributed by atoms with van der Waals surface area (Å²) in [6.07, 6.45) is 2.40. The molecule has 3 rings (SSSR count). The Kier molecular flexibility index (Phi) is 5.62. The average molecular weight is 374 g/mol. The van der Waals surface area contributed by atoms with E-state index in [-0.39, 0.29) is 17.7 Å². The summed E-state index contributed by atoms with van der Waals surface area (Å²) in [6.45, 7) is 5.47. The zero-order valence-electron chi connectivity index (χ0n) is 16.1.